The highest BCUT2D eigenvalue weighted by Crippen LogP contribution is 2.46. The minimum absolute atomic E-state index is 0.104. The molecule has 2 aliphatic carbocycles. The lowest BCUT2D eigenvalue weighted by atomic mass is 9.79. The Morgan fingerprint density at radius 2 is 1.69 bits per heavy atom. The maximum absolute atomic E-state index is 13.0. The first kappa shape index (κ1) is 17.1. The summed E-state index contributed by atoms with van der Waals surface area (Å²) < 4.78 is 0. The number of fused-ring (bicyclic) bond motifs is 2. The van der Waals surface area contributed by atoms with E-state index in [2.05, 4.69) is 57.2 Å². The van der Waals surface area contributed by atoms with Crippen LogP contribution in [0, 0.1) is 25.7 Å². The van der Waals surface area contributed by atoms with Crippen LogP contribution in [-0.2, 0) is 11.2 Å². The molecule has 0 radical (unpaired) electrons. The zero-order valence-corrected chi connectivity index (χ0v) is 15.8. The van der Waals surface area contributed by atoms with E-state index in [9.17, 15) is 9.90 Å². The van der Waals surface area contributed by atoms with Gasteiger partial charge in [-0.1, -0.05) is 48.9 Å². The van der Waals surface area contributed by atoms with Crippen LogP contribution in [0.1, 0.15) is 48.4 Å². The predicted octanol–water partition coefficient (Wildman–Crippen LogP) is 5.80. The molecule has 4 rings (SSSR count). The van der Waals surface area contributed by atoms with Crippen molar-refractivity contribution in [2.75, 3.05) is 0 Å². The SMILES string of the molecule is CCc1cc(-c2ccc(C)cc2)cc(C)c1C1=C(O)[C@H]2CC[C@H](C2)C1=O. The number of aliphatic hydroxyl groups excluding tert-OH is 1. The number of Topliss-reactive ketones (excluding diaryl/α,β-unsaturated/α-hetero) is 1. The minimum Gasteiger partial charge on any atom is -0.511 e. The predicted molar refractivity (Wildman–Crippen MR) is 106 cm³/mol. The number of aryl methyl sites for hydroxylation is 3. The fourth-order valence-corrected chi connectivity index (χ4v) is 4.66. The van der Waals surface area contributed by atoms with Crippen molar-refractivity contribution in [2.45, 2.75) is 46.5 Å². The summed E-state index contributed by atoms with van der Waals surface area (Å²) in [6.07, 6.45) is 3.53. The molecule has 2 nitrogen and oxygen atoms in total. The molecule has 2 aliphatic rings. The monoisotopic (exact) mass is 346 g/mol. The highest BCUT2D eigenvalue weighted by molar-refractivity contribution is 6.24. The maximum Gasteiger partial charge on any atom is 0.169 e. The van der Waals surface area contributed by atoms with Crippen LogP contribution in [0.3, 0.4) is 0 Å². The Hall–Kier alpha value is -2.35. The third-order valence-corrected chi connectivity index (χ3v) is 6.13. The first-order valence-electron chi connectivity index (χ1n) is 9.67. The van der Waals surface area contributed by atoms with E-state index in [1.165, 1.54) is 16.7 Å². The first-order chi connectivity index (χ1) is 12.5. The third-order valence-electron chi connectivity index (χ3n) is 6.13. The number of rotatable bonds is 3. The first-order valence-corrected chi connectivity index (χ1v) is 9.67. The van der Waals surface area contributed by atoms with Crippen molar-refractivity contribution in [1.29, 1.82) is 0 Å². The van der Waals surface area contributed by atoms with E-state index < -0.39 is 0 Å². The van der Waals surface area contributed by atoms with Crippen molar-refractivity contribution in [1.82, 2.24) is 0 Å². The van der Waals surface area contributed by atoms with Crippen LogP contribution in [0.2, 0.25) is 0 Å². The second-order valence-corrected chi connectivity index (χ2v) is 7.88. The molecule has 1 fully saturated rings. The molecule has 2 heteroatoms. The summed E-state index contributed by atoms with van der Waals surface area (Å²) in [4.78, 5) is 13.0. The summed E-state index contributed by atoms with van der Waals surface area (Å²) >= 11 is 0. The molecule has 2 bridgehead atoms. The quantitative estimate of drug-likeness (QED) is 0.762. The minimum atomic E-state index is 0.104. The van der Waals surface area contributed by atoms with E-state index in [1.54, 1.807) is 0 Å². The lowest BCUT2D eigenvalue weighted by molar-refractivity contribution is -0.117. The van der Waals surface area contributed by atoms with Crippen molar-refractivity contribution in [3.63, 3.8) is 0 Å². The molecule has 0 aliphatic heterocycles. The Kier molecular flexibility index (Phi) is 4.22. The lowest BCUT2D eigenvalue weighted by Gasteiger charge is -2.25. The topological polar surface area (TPSA) is 37.3 Å². The summed E-state index contributed by atoms with van der Waals surface area (Å²) in [5.74, 6) is 0.766. The van der Waals surface area contributed by atoms with Crippen molar-refractivity contribution in [3.05, 3.63) is 64.4 Å². The second-order valence-electron chi connectivity index (χ2n) is 7.88. The molecule has 0 amide bonds. The van der Waals surface area contributed by atoms with Gasteiger partial charge in [0.25, 0.3) is 0 Å². The molecular weight excluding hydrogens is 320 g/mol. The van der Waals surface area contributed by atoms with E-state index in [0.29, 0.717) is 11.3 Å². The average Bonchev–Trinajstić information content (AvgIpc) is 3.09. The summed E-state index contributed by atoms with van der Waals surface area (Å²) in [6, 6.07) is 12.9. The number of benzene rings is 2. The fraction of sp³-hybridized carbons (Fsp3) is 0.375. The van der Waals surface area contributed by atoms with Crippen LogP contribution in [0.5, 0.6) is 0 Å². The number of allylic oxidation sites excluding steroid dienone is 2. The van der Waals surface area contributed by atoms with Crippen LogP contribution in [0.4, 0.5) is 0 Å². The highest BCUT2D eigenvalue weighted by Gasteiger charge is 2.42. The van der Waals surface area contributed by atoms with Gasteiger partial charge in [0, 0.05) is 11.8 Å². The maximum atomic E-state index is 13.0. The number of aliphatic hydroxyl groups is 1. The van der Waals surface area contributed by atoms with Crippen LogP contribution < -0.4 is 0 Å². The Morgan fingerprint density at radius 3 is 2.38 bits per heavy atom. The van der Waals surface area contributed by atoms with Gasteiger partial charge in [-0.05, 0) is 67.3 Å². The van der Waals surface area contributed by atoms with Gasteiger partial charge in [0.1, 0.15) is 5.76 Å². The largest absolute Gasteiger partial charge is 0.511 e. The summed E-state index contributed by atoms with van der Waals surface area (Å²) in [7, 11) is 0. The van der Waals surface area contributed by atoms with E-state index in [0.717, 1.165) is 42.4 Å². The normalized spacial score (nSPS) is 22.2. The number of carbonyl (C=O) groups excluding carboxylic acids is 1. The highest BCUT2D eigenvalue weighted by atomic mass is 16.3. The van der Waals surface area contributed by atoms with Gasteiger partial charge in [-0.2, -0.15) is 0 Å². The molecule has 0 aromatic heterocycles. The second kappa shape index (κ2) is 6.42. The molecule has 26 heavy (non-hydrogen) atoms. The van der Waals surface area contributed by atoms with Crippen molar-refractivity contribution in [3.8, 4) is 11.1 Å². The van der Waals surface area contributed by atoms with Gasteiger partial charge in [-0.15, -0.1) is 0 Å². The number of hydrogen-bond acceptors (Lipinski definition) is 2. The van der Waals surface area contributed by atoms with Crippen molar-refractivity contribution in [2.24, 2.45) is 11.8 Å². The standard InChI is InChI=1S/C24H26O2/c1-4-16-12-20(17-7-5-14(2)6-8-17)11-15(3)21(16)22-23(25)18-9-10-19(13-18)24(22)26/h5-8,11-12,18-19,25H,4,9-10,13H2,1-3H3/t18-,19+/m0/s1. The van der Waals surface area contributed by atoms with Crippen LogP contribution in [0.25, 0.3) is 16.7 Å². The molecule has 0 heterocycles. The molecule has 2 aromatic carbocycles. The zero-order valence-electron chi connectivity index (χ0n) is 15.8. The number of ketones is 1. The molecule has 134 valence electrons. The Morgan fingerprint density at radius 1 is 1.00 bits per heavy atom. The molecular formula is C24H26O2. The van der Waals surface area contributed by atoms with Crippen LogP contribution in [-0.4, -0.2) is 10.9 Å². The number of hydrogen-bond donors (Lipinski definition) is 1. The van der Waals surface area contributed by atoms with Crippen molar-refractivity contribution >= 4 is 11.4 Å². The molecule has 2 aromatic rings. The van der Waals surface area contributed by atoms with E-state index in [4.69, 9.17) is 0 Å². The number of carbonyl (C=O) groups is 1. The Labute approximate surface area is 155 Å². The van der Waals surface area contributed by atoms with E-state index in [1.807, 2.05) is 0 Å². The van der Waals surface area contributed by atoms with Crippen LogP contribution >= 0.6 is 0 Å². The van der Waals surface area contributed by atoms with E-state index in [-0.39, 0.29) is 17.6 Å². The van der Waals surface area contributed by atoms with E-state index >= 15 is 0 Å². The van der Waals surface area contributed by atoms with Gasteiger partial charge < -0.3 is 5.11 Å². The Balaban J connectivity index is 1.86. The third kappa shape index (κ3) is 2.68. The molecule has 0 unspecified atom stereocenters. The fourth-order valence-electron chi connectivity index (χ4n) is 4.66. The molecule has 0 saturated heterocycles. The Bertz CT molecular complexity index is 903. The summed E-state index contributed by atoms with van der Waals surface area (Å²) in [5, 5.41) is 10.8. The van der Waals surface area contributed by atoms with Gasteiger partial charge in [0.15, 0.2) is 5.78 Å². The van der Waals surface area contributed by atoms with Gasteiger partial charge in [0.2, 0.25) is 0 Å². The summed E-state index contributed by atoms with van der Waals surface area (Å²) in [6.45, 7) is 6.28. The average molecular weight is 346 g/mol. The zero-order chi connectivity index (χ0) is 18.4. The molecule has 0 spiro atoms. The molecule has 1 N–H and O–H groups in total. The van der Waals surface area contributed by atoms with Crippen LogP contribution in [0.15, 0.2) is 42.2 Å². The van der Waals surface area contributed by atoms with Gasteiger partial charge >= 0.3 is 0 Å². The van der Waals surface area contributed by atoms with Gasteiger partial charge in [0.05, 0.1) is 5.57 Å². The molecule has 1 saturated carbocycles. The van der Waals surface area contributed by atoms with Gasteiger partial charge in [-0.3, -0.25) is 4.79 Å². The lowest BCUT2D eigenvalue weighted by Crippen LogP contribution is -2.22. The smallest absolute Gasteiger partial charge is 0.169 e. The summed E-state index contributed by atoms with van der Waals surface area (Å²) in [5.41, 5.74) is 7.42. The van der Waals surface area contributed by atoms with Gasteiger partial charge in [-0.25, -0.2) is 0 Å². The van der Waals surface area contributed by atoms with Crippen molar-refractivity contribution < 1.29 is 9.90 Å². The molecule has 2 atom stereocenters.